The molecule has 0 aliphatic carbocycles. The second-order valence-electron chi connectivity index (χ2n) is 6.16. The molecule has 1 aromatic carbocycles. The maximum Gasteiger partial charge on any atom is 0.336 e. The Hall–Kier alpha value is -1.55. The molecule has 0 saturated carbocycles. The lowest BCUT2D eigenvalue weighted by Gasteiger charge is -2.33. The Morgan fingerprint density at radius 2 is 2.15 bits per heavy atom. The molecule has 2 aliphatic heterocycles. The predicted molar refractivity (Wildman–Crippen MR) is 79.5 cm³/mol. The van der Waals surface area contributed by atoms with Gasteiger partial charge in [0.25, 0.3) is 0 Å². The van der Waals surface area contributed by atoms with Crippen molar-refractivity contribution < 1.29 is 9.90 Å². The molecule has 2 unspecified atom stereocenters. The molecule has 0 spiro atoms. The molecule has 0 radical (unpaired) electrons. The molecule has 2 saturated heterocycles. The van der Waals surface area contributed by atoms with Crippen molar-refractivity contribution >= 4 is 11.7 Å². The number of likely N-dealkylation sites (tertiary alicyclic amines) is 1. The van der Waals surface area contributed by atoms with E-state index in [4.69, 9.17) is 0 Å². The Labute approximate surface area is 120 Å². The minimum absolute atomic E-state index is 0.422. The van der Waals surface area contributed by atoms with E-state index in [-0.39, 0.29) is 0 Å². The Morgan fingerprint density at radius 3 is 2.85 bits per heavy atom. The number of rotatable bonds is 2. The van der Waals surface area contributed by atoms with E-state index in [1.165, 1.54) is 19.4 Å². The third-order valence-corrected chi connectivity index (χ3v) is 4.88. The van der Waals surface area contributed by atoms with E-state index in [9.17, 15) is 9.90 Å². The zero-order valence-electron chi connectivity index (χ0n) is 12.2. The molecular formula is C16H22N2O2. The molecule has 0 aromatic heterocycles. The summed E-state index contributed by atoms with van der Waals surface area (Å²) in [6.07, 6.45) is 2.57. The minimum atomic E-state index is -0.835. The highest BCUT2D eigenvalue weighted by Gasteiger charge is 2.37. The molecule has 2 fully saturated rings. The van der Waals surface area contributed by atoms with E-state index in [2.05, 4.69) is 22.9 Å². The van der Waals surface area contributed by atoms with Crippen LogP contribution in [-0.2, 0) is 0 Å². The molecule has 108 valence electrons. The Kier molecular flexibility index (Phi) is 3.42. The van der Waals surface area contributed by atoms with Crippen LogP contribution in [0, 0.1) is 12.8 Å². The number of nitrogens with zero attached hydrogens (tertiary/aromatic N) is 2. The van der Waals surface area contributed by atoms with Crippen LogP contribution in [-0.4, -0.2) is 48.7 Å². The first-order chi connectivity index (χ1) is 9.56. The third kappa shape index (κ3) is 2.29. The highest BCUT2D eigenvalue weighted by Crippen LogP contribution is 2.33. The van der Waals surface area contributed by atoms with E-state index in [1.54, 1.807) is 0 Å². The van der Waals surface area contributed by atoms with Gasteiger partial charge in [-0.1, -0.05) is 6.07 Å². The summed E-state index contributed by atoms with van der Waals surface area (Å²) in [4.78, 5) is 16.1. The quantitative estimate of drug-likeness (QED) is 0.898. The molecular weight excluding hydrogens is 252 g/mol. The lowest BCUT2D eigenvalue weighted by atomic mass is 9.93. The molecule has 2 heterocycles. The van der Waals surface area contributed by atoms with E-state index < -0.39 is 5.97 Å². The normalized spacial score (nSPS) is 26.6. The molecule has 3 rings (SSSR count). The number of benzene rings is 1. The van der Waals surface area contributed by atoms with Gasteiger partial charge in [0.15, 0.2) is 0 Å². The average molecular weight is 274 g/mol. The van der Waals surface area contributed by atoms with Crippen molar-refractivity contribution in [3.05, 3.63) is 29.3 Å². The number of anilines is 1. The minimum Gasteiger partial charge on any atom is -0.478 e. The van der Waals surface area contributed by atoms with Crippen molar-refractivity contribution in [3.63, 3.8) is 0 Å². The van der Waals surface area contributed by atoms with E-state index in [1.807, 2.05) is 19.1 Å². The summed E-state index contributed by atoms with van der Waals surface area (Å²) < 4.78 is 0. The highest BCUT2D eigenvalue weighted by atomic mass is 16.4. The van der Waals surface area contributed by atoms with Gasteiger partial charge in [0.1, 0.15) is 0 Å². The number of carboxylic acids is 1. The first-order valence-electron chi connectivity index (χ1n) is 7.35. The number of carboxylic acid groups (broad SMARTS) is 1. The topological polar surface area (TPSA) is 43.8 Å². The Bertz CT molecular complexity index is 529. The molecule has 1 N–H and O–H groups in total. The van der Waals surface area contributed by atoms with Crippen LogP contribution < -0.4 is 4.90 Å². The van der Waals surface area contributed by atoms with E-state index in [0.717, 1.165) is 30.3 Å². The molecule has 2 aliphatic rings. The number of aromatic carboxylic acids is 1. The number of carbonyl (C=O) groups is 1. The van der Waals surface area contributed by atoms with Crippen LogP contribution in [0.15, 0.2) is 18.2 Å². The second kappa shape index (κ2) is 5.09. The number of hydrogen-bond acceptors (Lipinski definition) is 3. The monoisotopic (exact) mass is 274 g/mol. The maximum atomic E-state index is 11.3. The summed E-state index contributed by atoms with van der Waals surface area (Å²) in [5, 5.41) is 9.25. The summed E-state index contributed by atoms with van der Waals surface area (Å²) in [5.41, 5.74) is 2.30. The van der Waals surface area contributed by atoms with Gasteiger partial charge in [-0.2, -0.15) is 0 Å². The molecule has 0 bridgehead atoms. The van der Waals surface area contributed by atoms with E-state index in [0.29, 0.717) is 11.6 Å². The fourth-order valence-electron chi connectivity index (χ4n) is 3.65. The standard InChI is InChI=1S/C16H22N2O2/c1-11-5-6-13(8-14(11)16(19)20)18-9-12-4-3-7-17(2)15(12)10-18/h5-6,8,12,15H,3-4,7,9-10H2,1-2H3,(H,19,20). The van der Waals surface area contributed by atoms with Gasteiger partial charge in [-0.25, -0.2) is 4.79 Å². The third-order valence-electron chi connectivity index (χ3n) is 4.88. The first kappa shape index (κ1) is 13.4. The van der Waals surface area contributed by atoms with Crippen molar-refractivity contribution in [2.24, 2.45) is 5.92 Å². The van der Waals surface area contributed by atoms with Gasteiger partial charge in [0.05, 0.1) is 5.56 Å². The van der Waals surface area contributed by atoms with E-state index >= 15 is 0 Å². The van der Waals surface area contributed by atoms with Crippen LogP contribution in [0.3, 0.4) is 0 Å². The zero-order chi connectivity index (χ0) is 14.3. The SMILES string of the molecule is Cc1ccc(N2CC3CCCN(C)C3C2)cc1C(=O)O. The second-order valence-corrected chi connectivity index (χ2v) is 6.16. The Morgan fingerprint density at radius 1 is 1.35 bits per heavy atom. The van der Waals surface area contributed by atoms with Crippen molar-refractivity contribution in [1.29, 1.82) is 0 Å². The Balaban J connectivity index is 1.84. The largest absolute Gasteiger partial charge is 0.478 e. The van der Waals surface area contributed by atoms with Crippen LogP contribution in [0.2, 0.25) is 0 Å². The molecule has 20 heavy (non-hydrogen) atoms. The lowest BCUT2D eigenvalue weighted by Crippen LogP contribution is -2.42. The molecule has 0 amide bonds. The lowest BCUT2D eigenvalue weighted by molar-refractivity contribution is 0.0696. The number of fused-ring (bicyclic) bond motifs is 1. The summed E-state index contributed by atoms with van der Waals surface area (Å²) >= 11 is 0. The fourth-order valence-corrected chi connectivity index (χ4v) is 3.65. The summed E-state index contributed by atoms with van der Waals surface area (Å²) in [6.45, 7) is 5.11. The number of hydrogen-bond donors (Lipinski definition) is 1. The van der Waals surface area contributed by atoms with Crippen molar-refractivity contribution in [3.8, 4) is 0 Å². The van der Waals surface area contributed by atoms with Crippen LogP contribution in [0.5, 0.6) is 0 Å². The average Bonchev–Trinajstić information content (AvgIpc) is 2.84. The number of piperidine rings is 1. The maximum absolute atomic E-state index is 11.3. The van der Waals surface area contributed by atoms with Gasteiger partial charge in [-0.15, -0.1) is 0 Å². The molecule has 1 aromatic rings. The zero-order valence-corrected chi connectivity index (χ0v) is 12.2. The van der Waals surface area contributed by atoms with Gasteiger partial charge in [-0.05, 0) is 57.0 Å². The van der Waals surface area contributed by atoms with Crippen LogP contribution in [0.25, 0.3) is 0 Å². The van der Waals surface area contributed by atoms with Crippen LogP contribution >= 0.6 is 0 Å². The van der Waals surface area contributed by atoms with Gasteiger partial charge in [-0.3, -0.25) is 0 Å². The molecule has 4 nitrogen and oxygen atoms in total. The van der Waals surface area contributed by atoms with Crippen LogP contribution in [0.4, 0.5) is 5.69 Å². The van der Waals surface area contributed by atoms with Gasteiger partial charge in [0, 0.05) is 24.8 Å². The molecule has 2 atom stereocenters. The number of aryl methyl sites for hydroxylation is 1. The van der Waals surface area contributed by atoms with Crippen molar-refractivity contribution in [1.82, 2.24) is 4.90 Å². The first-order valence-corrected chi connectivity index (χ1v) is 7.35. The van der Waals surface area contributed by atoms with Crippen LogP contribution in [0.1, 0.15) is 28.8 Å². The summed E-state index contributed by atoms with van der Waals surface area (Å²) in [7, 11) is 2.21. The molecule has 4 heteroatoms. The highest BCUT2D eigenvalue weighted by molar-refractivity contribution is 5.90. The summed E-state index contributed by atoms with van der Waals surface area (Å²) in [5.74, 6) is -0.110. The smallest absolute Gasteiger partial charge is 0.336 e. The summed E-state index contributed by atoms with van der Waals surface area (Å²) in [6, 6.07) is 6.43. The predicted octanol–water partition coefficient (Wildman–Crippen LogP) is 2.22. The van der Waals surface area contributed by atoms with Gasteiger partial charge in [0.2, 0.25) is 0 Å². The fraction of sp³-hybridized carbons (Fsp3) is 0.562. The van der Waals surface area contributed by atoms with Gasteiger partial charge >= 0.3 is 5.97 Å². The van der Waals surface area contributed by atoms with Crippen molar-refractivity contribution in [2.75, 3.05) is 31.6 Å². The number of likely N-dealkylation sites (N-methyl/N-ethyl adjacent to an activating group) is 1. The van der Waals surface area contributed by atoms with Crippen molar-refractivity contribution in [2.45, 2.75) is 25.8 Å². The van der Waals surface area contributed by atoms with Gasteiger partial charge < -0.3 is 14.9 Å².